The third-order valence-corrected chi connectivity index (χ3v) is 6.63. The SMILES string of the molecule is COc1ccccc1C1=NN(C(C)=O)[C@@H]([C@@H]2CC(c3ccsc3)=NN2c2ccccc2)C1. The third-order valence-electron chi connectivity index (χ3n) is 5.95. The van der Waals surface area contributed by atoms with Crippen molar-refractivity contribution in [3.8, 4) is 5.75 Å². The number of benzene rings is 2. The number of para-hydroxylation sites is 2. The Morgan fingerprint density at radius 3 is 2.44 bits per heavy atom. The van der Waals surface area contributed by atoms with Gasteiger partial charge in [-0.2, -0.15) is 21.5 Å². The van der Waals surface area contributed by atoms with E-state index in [0.29, 0.717) is 6.42 Å². The van der Waals surface area contributed by atoms with Gasteiger partial charge in [0, 0.05) is 30.9 Å². The lowest BCUT2D eigenvalue weighted by Crippen LogP contribution is -2.46. The number of hydrogen-bond acceptors (Lipinski definition) is 6. The van der Waals surface area contributed by atoms with Gasteiger partial charge >= 0.3 is 0 Å². The number of rotatable bonds is 5. The molecule has 2 aliphatic rings. The average molecular weight is 445 g/mol. The summed E-state index contributed by atoms with van der Waals surface area (Å²) in [5.74, 6) is 0.689. The second kappa shape index (κ2) is 8.59. The molecule has 3 aromatic rings. The number of hydrazone groups is 2. The Morgan fingerprint density at radius 1 is 0.969 bits per heavy atom. The van der Waals surface area contributed by atoms with Crippen molar-refractivity contribution in [1.29, 1.82) is 0 Å². The van der Waals surface area contributed by atoms with Gasteiger partial charge in [-0.15, -0.1) is 0 Å². The summed E-state index contributed by atoms with van der Waals surface area (Å²) in [6, 6.07) is 19.9. The second-order valence-corrected chi connectivity index (χ2v) is 8.67. The molecule has 1 aromatic heterocycles. The molecule has 0 spiro atoms. The Labute approximate surface area is 191 Å². The van der Waals surface area contributed by atoms with E-state index in [1.807, 2.05) is 42.5 Å². The van der Waals surface area contributed by atoms with Crippen LogP contribution in [-0.4, -0.2) is 41.5 Å². The van der Waals surface area contributed by atoms with Crippen LogP contribution in [0.4, 0.5) is 5.69 Å². The van der Waals surface area contributed by atoms with Crippen molar-refractivity contribution in [2.24, 2.45) is 10.2 Å². The van der Waals surface area contributed by atoms with Crippen molar-refractivity contribution in [3.63, 3.8) is 0 Å². The minimum Gasteiger partial charge on any atom is -0.496 e. The molecule has 2 atom stereocenters. The van der Waals surface area contributed by atoms with Crippen LogP contribution in [0.25, 0.3) is 0 Å². The highest BCUT2D eigenvalue weighted by Gasteiger charge is 2.43. The predicted molar refractivity (Wildman–Crippen MR) is 129 cm³/mol. The van der Waals surface area contributed by atoms with E-state index in [-0.39, 0.29) is 18.0 Å². The Balaban J connectivity index is 1.51. The van der Waals surface area contributed by atoms with Gasteiger partial charge < -0.3 is 4.74 Å². The number of hydrogen-bond donors (Lipinski definition) is 0. The molecular weight excluding hydrogens is 420 g/mol. The molecule has 5 rings (SSSR count). The smallest absolute Gasteiger partial charge is 0.239 e. The van der Waals surface area contributed by atoms with E-state index in [4.69, 9.17) is 14.9 Å². The van der Waals surface area contributed by atoms with Gasteiger partial charge in [0.15, 0.2) is 0 Å². The number of methoxy groups -OCH3 is 1. The van der Waals surface area contributed by atoms with Crippen molar-refractivity contribution in [3.05, 3.63) is 82.6 Å². The molecule has 0 saturated carbocycles. The first kappa shape index (κ1) is 20.5. The summed E-state index contributed by atoms with van der Waals surface area (Å²) < 4.78 is 5.55. The minimum atomic E-state index is -0.132. The van der Waals surface area contributed by atoms with E-state index in [1.54, 1.807) is 30.4 Å². The summed E-state index contributed by atoms with van der Waals surface area (Å²) >= 11 is 1.66. The van der Waals surface area contributed by atoms with Crippen LogP contribution in [-0.2, 0) is 4.79 Å². The van der Waals surface area contributed by atoms with Crippen molar-refractivity contribution < 1.29 is 9.53 Å². The number of ether oxygens (including phenoxy) is 1. The van der Waals surface area contributed by atoms with Crippen LogP contribution >= 0.6 is 11.3 Å². The lowest BCUT2D eigenvalue weighted by molar-refractivity contribution is -0.130. The van der Waals surface area contributed by atoms with Crippen LogP contribution < -0.4 is 9.75 Å². The minimum absolute atomic E-state index is 0.0212. The van der Waals surface area contributed by atoms with Crippen LogP contribution in [0.5, 0.6) is 5.75 Å². The van der Waals surface area contributed by atoms with Crippen LogP contribution in [0.15, 0.2) is 81.6 Å². The molecule has 0 saturated heterocycles. The number of carbonyl (C=O) groups is 1. The zero-order chi connectivity index (χ0) is 22.1. The summed E-state index contributed by atoms with van der Waals surface area (Å²) in [5.41, 5.74) is 4.97. The Hall–Kier alpha value is -3.45. The Kier molecular flexibility index (Phi) is 5.49. The lowest BCUT2D eigenvalue weighted by atomic mass is 9.94. The Bertz CT molecular complexity index is 1170. The fraction of sp³-hybridized carbons (Fsp3) is 0.240. The number of amides is 1. The van der Waals surface area contributed by atoms with Crippen LogP contribution in [0.2, 0.25) is 0 Å². The molecule has 0 unspecified atom stereocenters. The topological polar surface area (TPSA) is 57.5 Å². The molecule has 6 nitrogen and oxygen atoms in total. The Morgan fingerprint density at radius 2 is 1.72 bits per heavy atom. The third kappa shape index (κ3) is 3.69. The molecule has 0 aliphatic carbocycles. The van der Waals surface area contributed by atoms with Gasteiger partial charge in [0.05, 0.1) is 36.3 Å². The summed E-state index contributed by atoms with van der Waals surface area (Å²) in [6.07, 6.45) is 1.38. The number of anilines is 1. The molecule has 2 aliphatic heterocycles. The maximum atomic E-state index is 12.6. The average Bonchev–Trinajstić information content (AvgIpc) is 3.58. The normalized spacial score (nSPS) is 20.3. The van der Waals surface area contributed by atoms with Crippen molar-refractivity contribution in [1.82, 2.24) is 5.01 Å². The molecule has 32 heavy (non-hydrogen) atoms. The van der Waals surface area contributed by atoms with Crippen molar-refractivity contribution in [2.75, 3.05) is 12.1 Å². The van der Waals surface area contributed by atoms with Crippen LogP contribution in [0.3, 0.4) is 0 Å². The highest BCUT2D eigenvalue weighted by molar-refractivity contribution is 7.08. The van der Waals surface area contributed by atoms with Gasteiger partial charge in [-0.25, -0.2) is 5.01 Å². The second-order valence-electron chi connectivity index (χ2n) is 7.89. The maximum absolute atomic E-state index is 12.6. The number of nitrogens with zero attached hydrogens (tertiary/aromatic N) is 4. The molecule has 0 radical (unpaired) electrons. The molecule has 1 amide bonds. The first-order valence-corrected chi connectivity index (χ1v) is 11.5. The largest absolute Gasteiger partial charge is 0.496 e. The molecule has 0 N–H and O–H groups in total. The monoisotopic (exact) mass is 444 g/mol. The summed E-state index contributed by atoms with van der Waals surface area (Å²) in [4.78, 5) is 12.6. The van der Waals surface area contributed by atoms with E-state index >= 15 is 0 Å². The molecule has 2 aromatic carbocycles. The lowest BCUT2D eigenvalue weighted by Gasteiger charge is -2.32. The van der Waals surface area contributed by atoms with Crippen molar-refractivity contribution in [2.45, 2.75) is 31.8 Å². The maximum Gasteiger partial charge on any atom is 0.239 e. The van der Waals surface area contributed by atoms with E-state index < -0.39 is 0 Å². The molecule has 3 heterocycles. The first-order chi connectivity index (χ1) is 15.7. The summed E-state index contributed by atoms with van der Waals surface area (Å²) in [6.45, 7) is 1.57. The quantitative estimate of drug-likeness (QED) is 0.570. The van der Waals surface area contributed by atoms with Crippen molar-refractivity contribution >= 4 is 34.4 Å². The van der Waals surface area contributed by atoms with E-state index in [9.17, 15) is 4.79 Å². The fourth-order valence-electron chi connectivity index (χ4n) is 4.44. The number of thiophene rings is 1. The van der Waals surface area contributed by atoms with E-state index in [0.717, 1.165) is 40.4 Å². The molecule has 7 heteroatoms. The van der Waals surface area contributed by atoms with Gasteiger partial charge in [0.1, 0.15) is 5.75 Å². The van der Waals surface area contributed by atoms with Crippen LogP contribution in [0.1, 0.15) is 30.9 Å². The van der Waals surface area contributed by atoms with Gasteiger partial charge in [0.25, 0.3) is 0 Å². The zero-order valence-electron chi connectivity index (χ0n) is 18.0. The van der Waals surface area contributed by atoms with E-state index in [1.165, 1.54) is 0 Å². The van der Waals surface area contributed by atoms with E-state index in [2.05, 4.69) is 34.0 Å². The molecule has 0 fully saturated rings. The zero-order valence-corrected chi connectivity index (χ0v) is 18.8. The predicted octanol–water partition coefficient (Wildman–Crippen LogP) is 4.76. The summed E-state index contributed by atoms with van der Waals surface area (Å²) in [5, 5.41) is 17.6. The van der Waals surface area contributed by atoms with Crippen LogP contribution in [0, 0.1) is 0 Å². The summed E-state index contributed by atoms with van der Waals surface area (Å²) in [7, 11) is 1.66. The molecule has 162 valence electrons. The molecule has 0 bridgehead atoms. The van der Waals surface area contributed by atoms with Gasteiger partial charge in [-0.1, -0.05) is 30.3 Å². The highest BCUT2D eigenvalue weighted by Crippen LogP contribution is 2.36. The van der Waals surface area contributed by atoms with Gasteiger partial charge in [-0.3, -0.25) is 9.80 Å². The van der Waals surface area contributed by atoms with Gasteiger partial charge in [-0.05, 0) is 41.1 Å². The standard InChI is InChI=1S/C25H24N4O2S/c1-17(30)28-23(15-22(27-28)20-10-6-7-11-25(20)31-2)24-14-21(18-12-13-32-16-18)26-29(24)19-8-4-3-5-9-19/h3-13,16,23-24H,14-15H2,1-2H3/t23-,24+/m1/s1. The molecular formula is C25H24N4O2S. The first-order valence-electron chi connectivity index (χ1n) is 10.6. The number of carbonyl (C=O) groups excluding carboxylic acids is 1. The fourth-order valence-corrected chi connectivity index (χ4v) is 5.11. The highest BCUT2D eigenvalue weighted by atomic mass is 32.1. The van der Waals surface area contributed by atoms with Gasteiger partial charge in [0.2, 0.25) is 5.91 Å².